The Morgan fingerprint density at radius 3 is 2.95 bits per heavy atom. The molecule has 1 aromatic heterocycles. The van der Waals surface area contributed by atoms with Crippen LogP contribution in [0.2, 0.25) is 5.02 Å². The molecule has 2 aromatic rings. The van der Waals surface area contributed by atoms with E-state index in [2.05, 4.69) is 23.3 Å². The van der Waals surface area contributed by atoms with Gasteiger partial charge in [-0.2, -0.15) is 0 Å². The van der Waals surface area contributed by atoms with Crippen molar-refractivity contribution >= 4 is 23.4 Å². The van der Waals surface area contributed by atoms with Gasteiger partial charge in [-0.3, -0.25) is 0 Å². The van der Waals surface area contributed by atoms with Gasteiger partial charge in [0.15, 0.2) is 5.16 Å². The minimum Gasteiger partial charge on any atom is -0.329 e. The smallest absolute Gasteiger partial charge is 0.172 e. The van der Waals surface area contributed by atoms with E-state index in [1.165, 1.54) is 0 Å². The molecule has 0 aliphatic rings. The van der Waals surface area contributed by atoms with Crippen LogP contribution >= 0.6 is 23.4 Å². The van der Waals surface area contributed by atoms with Crippen molar-refractivity contribution in [2.24, 2.45) is 7.05 Å². The zero-order chi connectivity index (χ0) is 13.7. The first-order valence-electron chi connectivity index (χ1n) is 6.35. The number of benzene rings is 1. The third-order valence-corrected chi connectivity index (χ3v) is 4.32. The molecule has 0 aliphatic carbocycles. The Morgan fingerprint density at radius 1 is 1.42 bits per heavy atom. The SMILES string of the molecule is CCCNCc1c(Cl)cccc1Sc1nccn1C. The summed E-state index contributed by atoms with van der Waals surface area (Å²) in [4.78, 5) is 5.50. The molecule has 5 heteroatoms. The summed E-state index contributed by atoms with van der Waals surface area (Å²) in [5, 5.41) is 5.18. The largest absolute Gasteiger partial charge is 0.329 e. The summed E-state index contributed by atoms with van der Waals surface area (Å²) in [6, 6.07) is 6.01. The number of halogens is 1. The third-order valence-electron chi connectivity index (χ3n) is 2.78. The van der Waals surface area contributed by atoms with Gasteiger partial charge in [0.2, 0.25) is 0 Å². The Labute approximate surface area is 123 Å². The predicted molar refractivity (Wildman–Crippen MR) is 80.8 cm³/mol. The lowest BCUT2D eigenvalue weighted by Gasteiger charge is -2.11. The molecule has 1 N–H and O–H groups in total. The van der Waals surface area contributed by atoms with E-state index in [4.69, 9.17) is 11.6 Å². The van der Waals surface area contributed by atoms with Crippen molar-refractivity contribution in [1.82, 2.24) is 14.9 Å². The molecule has 0 amide bonds. The van der Waals surface area contributed by atoms with E-state index in [0.717, 1.165) is 40.1 Å². The minimum atomic E-state index is 0.792. The van der Waals surface area contributed by atoms with Crippen LogP contribution in [0, 0.1) is 0 Å². The summed E-state index contributed by atoms with van der Waals surface area (Å²) >= 11 is 7.95. The number of hydrogen-bond donors (Lipinski definition) is 1. The second kappa shape index (κ2) is 6.98. The first kappa shape index (κ1) is 14.4. The Hall–Kier alpha value is -0.970. The highest BCUT2D eigenvalue weighted by atomic mass is 35.5. The van der Waals surface area contributed by atoms with E-state index >= 15 is 0 Å². The lowest BCUT2D eigenvalue weighted by Crippen LogP contribution is -2.14. The quantitative estimate of drug-likeness (QED) is 0.824. The van der Waals surface area contributed by atoms with Crippen LogP contribution in [0.1, 0.15) is 18.9 Å². The molecule has 0 bridgehead atoms. The standard InChI is InChI=1S/C14H18ClN3S/c1-3-7-16-10-11-12(15)5-4-6-13(11)19-14-17-8-9-18(14)2/h4-6,8-9,16H,3,7,10H2,1-2H3. The summed E-state index contributed by atoms with van der Waals surface area (Å²) in [6.45, 7) is 3.95. The molecule has 0 saturated heterocycles. The van der Waals surface area contributed by atoms with Gasteiger partial charge in [0, 0.05) is 35.9 Å². The molecule has 0 radical (unpaired) electrons. The zero-order valence-corrected chi connectivity index (χ0v) is 12.8. The molecule has 1 aromatic carbocycles. The van der Waals surface area contributed by atoms with Crippen LogP contribution in [0.4, 0.5) is 0 Å². The van der Waals surface area contributed by atoms with Gasteiger partial charge in [-0.25, -0.2) is 4.98 Å². The van der Waals surface area contributed by atoms with Crippen LogP contribution in [0.5, 0.6) is 0 Å². The first-order valence-corrected chi connectivity index (χ1v) is 7.55. The van der Waals surface area contributed by atoms with Gasteiger partial charge in [0.25, 0.3) is 0 Å². The van der Waals surface area contributed by atoms with Crippen LogP contribution in [-0.4, -0.2) is 16.1 Å². The number of rotatable bonds is 6. The van der Waals surface area contributed by atoms with E-state index in [1.807, 2.05) is 36.1 Å². The van der Waals surface area contributed by atoms with E-state index < -0.39 is 0 Å². The third kappa shape index (κ3) is 3.75. The Balaban J connectivity index is 2.19. The van der Waals surface area contributed by atoms with E-state index in [-0.39, 0.29) is 0 Å². The van der Waals surface area contributed by atoms with Crippen molar-refractivity contribution < 1.29 is 0 Å². The van der Waals surface area contributed by atoms with Gasteiger partial charge in [-0.05, 0) is 30.7 Å². The highest BCUT2D eigenvalue weighted by molar-refractivity contribution is 7.99. The Kier molecular flexibility index (Phi) is 5.31. The van der Waals surface area contributed by atoms with Crippen LogP contribution < -0.4 is 5.32 Å². The van der Waals surface area contributed by atoms with Gasteiger partial charge < -0.3 is 9.88 Å². The fraction of sp³-hybridized carbons (Fsp3) is 0.357. The summed E-state index contributed by atoms with van der Waals surface area (Å²) < 4.78 is 2.01. The van der Waals surface area contributed by atoms with Gasteiger partial charge in [0.05, 0.1) is 0 Å². The number of nitrogens with zero attached hydrogens (tertiary/aromatic N) is 2. The van der Waals surface area contributed by atoms with Crippen molar-refractivity contribution in [1.29, 1.82) is 0 Å². The van der Waals surface area contributed by atoms with E-state index in [1.54, 1.807) is 11.8 Å². The number of nitrogens with one attached hydrogen (secondary N) is 1. The van der Waals surface area contributed by atoms with Crippen LogP contribution in [0.3, 0.4) is 0 Å². The predicted octanol–water partition coefficient (Wildman–Crippen LogP) is 3.72. The van der Waals surface area contributed by atoms with Crippen molar-refractivity contribution in [3.8, 4) is 0 Å². The zero-order valence-electron chi connectivity index (χ0n) is 11.2. The lowest BCUT2D eigenvalue weighted by atomic mass is 10.2. The molecule has 19 heavy (non-hydrogen) atoms. The highest BCUT2D eigenvalue weighted by Crippen LogP contribution is 2.32. The molecule has 0 saturated carbocycles. The molecule has 2 rings (SSSR count). The second-order valence-corrected chi connectivity index (χ2v) is 5.73. The van der Waals surface area contributed by atoms with Crippen molar-refractivity contribution in [2.45, 2.75) is 29.9 Å². The number of aryl methyl sites for hydroxylation is 1. The van der Waals surface area contributed by atoms with Crippen molar-refractivity contribution in [3.63, 3.8) is 0 Å². The first-order chi connectivity index (χ1) is 9.22. The van der Waals surface area contributed by atoms with Crippen LogP contribution in [-0.2, 0) is 13.6 Å². The fourth-order valence-electron chi connectivity index (χ4n) is 1.74. The van der Waals surface area contributed by atoms with Gasteiger partial charge >= 0.3 is 0 Å². The average Bonchev–Trinajstić information content (AvgIpc) is 2.79. The van der Waals surface area contributed by atoms with Gasteiger partial charge in [-0.15, -0.1) is 0 Å². The molecule has 0 unspecified atom stereocenters. The fourth-order valence-corrected chi connectivity index (χ4v) is 3.01. The maximum absolute atomic E-state index is 6.31. The lowest BCUT2D eigenvalue weighted by molar-refractivity contribution is 0.669. The molecular weight excluding hydrogens is 278 g/mol. The number of hydrogen-bond acceptors (Lipinski definition) is 3. The average molecular weight is 296 g/mol. The molecule has 0 atom stereocenters. The van der Waals surface area contributed by atoms with Crippen LogP contribution in [0.15, 0.2) is 40.6 Å². The summed E-state index contributed by atoms with van der Waals surface area (Å²) in [7, 11) is 1.99. The number of aromatic nitrogens is 2. The Bertz CT molecular complexity index is 539. The molecule has 3 nitrogen and oxygen atoms in total. The van der Waals surface area contributed by atoms with E-state index in [0.29, 0.717) is 0 Å². The summed E-state index contributed by atoms with van der Waals surface area (Å²) in [5.74, 6) is 0. The molecule has 102 valence electrons. The normalized spacial score (nSPS) is 10.9. The van der Waals surface area contributed by atoms with E-state index in [9.17, 15) is 0 Å². The number of imidazole rings is 1. The highest BCUT2D eigenvalue weighted by Gasteiger charge is 2.10. The van der Waals surface area contributed by atoms with Gasteiger partial charge in [-0.1, -0.05) is 36.4 Å². The monoisotopic (exact) mass is 295 g/mol. The van der Waals surface area contributed by atoms with Crippen molar-refractivity contribution in [2.75, 3.05) is 6.54 Å². The molecule has 1 heterocycles. The van der Waals surface area contributed by atoms with Crippen LogP contribution in [0.25, 0.3) is 0 Å². The molecule has 0 fully saturated rings. The van der Waals surface area contributed by atoms with Gasteiger partial charge in [0.1, 0.15) is 0 Å². The topological polar surface area (TPSA) is 29.9 Å². The maximum Gasteiger partial charge on any atom is 0.172 e. The summed E-state index contributed by atoms with van der Waals surface area (Å²) in [6.07, 6.45) is 4.87. The second-order valence-electron chi connectivity index (χ2n) is 4.32. The molecular formula is C14H18ClN3S. The minimum absolute atomic E-state index is 0.792. The Morgan fingerprint density at radius 2 is 2.26 bits per heavy atom. The maximum atomic E-state index is 6.31. The molecule has 0 spiro atoms. The molecule has 0 aliphatic heterocycles. The van der Waals surface area contributed by atoms with Crippen molar-refractivity contribution in [3.05, 3.63) is 41.2 Å². The summed E-state index contributed by atoms with van der Waals surface area (Å²) in [5.41, 5.74) is 1.14.